The molecule has 6 aromatic rings. The SMILES string of the molecule is CCCC[C@H]1C(=O)N[C@@H](CCC(=O)O)C(=O)N[C@H](C(=O)NCC(N)=O)CSCC(=O)N[C@@H](Cc2ccc(O)cc2)C(=O)N(C)[C@@H](C)C(=O)NC(CC(=O)O)C(=O)N2CCC[C@H]2C(=O)N[C@@H](Cc2cnc[nH]2)C(=O)N[C@@H](CCCCN)C(=O)N2C[C@H](O)C[C@H]2C(=O)C[C@@H](Cc2c[nH]c3ccccc23)C(=O)N[C@@H](CCCCN)C(=O)N[C@@H](Cc2c[nH]c3ccccc23)C(=O)N(C)[C@@H](CCC)C(=O)N1C. The summed E-state index contributed by atoms with van der Waals surface area (Å²) in [5, 5.41) is 67.2. The predicted molar refractivity (Wildman–Crippen MR) is 502 cm³/mol. The molecule has 3 aromatic heterocycles. The van der Waals surface area contributed by atoms with Gasteiger partial charge in [-0.1, -0.05) is 81.6 Å². The second-order valence-corrected chi connectivity index (χ2v) is 36.1. The number of aromatic hydroxyl groups is 1. The van der Waals surface area contributed by atoms with Crippen LogP contribution in [0.15, 0.2) is 97.7 Å². The average Bonchev–Trinajstić information content (AvgIpc) is 1.74. The molecule has 22 N–H and O–H groups in total. The molecule has 1 unspecified atom stereocenters. The topological polar surface area (TPSA) is 651 Å². The molecular weight excluding hydrogens is 1800 g/mol. The van der Waals surface area contributed by atoms with Gasteiger partial charge in [0.05, 0.1) is 37.2 Å². The molecule has 3 aliphatic rings. The lowest BCUT2D eigenvalue weighted by atomic mass is 9.90. The van der Waals surface area contributed by atoms with Crippen LogP contribution in [0.25, 0.3) is 21.8 Å². The van der Waals surface area contributed by atoms with Crippen molar-refractivity contribution in [2.24, 2.45) is 23.1 Å². The number of aromatic nitrogens is 4. The number of amides is 15. The number of ketones is 1. The summed E-state index contributed by atoms with van der Waals surface area (Å²) < 4.78 is 0. The predicted octanol–water partition coefficient (Wildman–Crippen LogP) is -0.808. The number of H-pyrrole nitrogens is 3. The number of likely N-dealkylation sites (N-methyl/N-ethyl adjacent to an activating group) is 3. The number of Topliss-reactive ketones (excluding diaryl/α,β-unsaturated/α-hetero) is 1. The summed E-state index contributed by atoms with van der Waals surface area (Å²) in [6, 6.07) is -0.550. The number of rotatable bonds is 29. The van der Waals surface area contributed by atoms with E-state index in [1.165, 1.54) is 64.9 Å². The summed E-state index contributed by atoms with van der Waals surface area (Å²) in [6.07, 6.45) is 2.23. The normalized spacial score (nSPS) is 24.6. The van der Waals surface area contributed by atoms with Crippen molar-refractivity contribution in [3.05, 3.63) is 120 Å². The van der Waals surface area contributed by atoms with Gasteiger partial charge in [0, 0.05) is 131 Å². The Bertz CT molecular complexity index is 5250. The molecule has 0 spiro atoms. The van der Waals surface area contributed by atoms with Crippen LogP contribution in [0, 0.1) is 5.92 Å². The molecule has 0 saturated carbocycles. The van der Waals surface area contributed by atoms with Gasteiger partial charge in [-0.05, 0) is 138 Å². The Labute approximate surface area is 796 Å². The molecular formula is C93H129N21O22S. The molecule has 44 heteroatoms. The van der Waals surface area contributed by atoms with Crippen LogP contribution < -0.4 is 65.1 Å². The molecule has 0 radical (unpaired) electrons. The smallest absolute Gasteiger partial charge is 0.305 e. The number of imidazole rings is 1. The fourth-order valence-corrected chi connectivity index (χ4v) is 18.1. The standard InChI is InChI=1S/C93H129N21O22S/c1-7-9-26-72-87(130)104-65(32-33-79(120)121)85(128)109-71(83(126)100-47-77(96)118)49-137-50-78(119)102-68(37-53-28-30-58(115)31-29-53)89(132)110(4)52(3)81(124)107-70(43-80(122)123)92(135)113-36-18-27-73(113)88(131)106-67(41-57-46-97-51-101-57)86(129)105-66(25-15-17-35-95)91(134)114-48-59(116)42-75(114)76(117)40-54(38-55-44-98-62-22-12-10-20-60(55)62)82(125)103-64(24-14-16-34-94)84(127)108-69(39-56-45-99-63-23-13-11-21-61(56)63)90(133)112(6)74(19-8-2)93(136)111(72)5/h10-13,20-23,28-31,44-46,51-52,54,59,64-75,98-99,115-116H,7-9,14-19,24-27,32-43,47-50,94-95H2,1-6H3,(H2,96,118)(H,97,101)(H,100,126)(H,102,119)(H,103,125)(H,104,130)(H,105,129)(H,106,131)(H,107,124)(H,108,127)(H,109,128)(H,120,121)(H,122,123)/t52-,54+,59+,64-,65-,66-,67-,68-,69-,70?,71-,72-,73-,74-,75-/m0/s1. The maximum atomic E-state index is 15.8. The van der Waals surface area contributed by atoms with Crippen molar-refractivity contribution in [3.63, 3.8) is 0 Å². The number of fused-ring (bicyclic) bond motifs is 4. The molecule has 43 nitrogen and oxygen atoms in total. The van der Waals surface area contributed by atoms with Gasteiger partial charge in [0.25, 0.3) is 0 Å². The molecule has 3 fully saturated rings. The van der Waals surface area contributed by atoms with Crippen LogP contribution in [0.5, 0.6) is 5.75 Å². The number of primary amides is 1. The van der Waals surface area contributed by atoms with Gasteiger partial charge in [-0.3, -0.25) is 86.3 Å². The number of benzene rings is 3. The number of aliphatic hydroxyl groups is 1. The first-order chi connectivity index (χ1) is 65.4. The number of para-hydroxylation sites is 2. The Morgan fingerprint density at radius 1 is 0.533 bits per heavy atom. The highest BCUT2D eigenvalue weighted by molar-refractivity contribution is 8.00. The Hall–Kier alpha value is -13.4. The Morgan fingerprint density at radius 2 is 1.10 bits per heavy atom. The van der Waals surface area contributed by atoms with Gasteiger partial charge in [-0.25, -0.2) is 4.98 Å². The molecule has 3 saturated heterocycles. The van der Waals surface area contributed by atoms with E-state index < -0.39 is 247 Å². The van der Waals surface area contributed by atoms with Gasteiger partial charge >= 0.3 is 11.9 Å². The van der Waals surface area contributed by atoms with Crippen molar-refractivity contribution < 1.29 is 107 Å². The van der Waals surface area contributed by atoms with Crippen molar-refractivity contribution in [1.82, 2.24) is 92.3 Å². The molecule has 15 atom stereocenters. The summed E-state index contributed by atoms with van der Waals surface area (Å²) in [7, 11) is 3.83. The van der Waals surface area contributed by atoms with Crippen LogP contribution in [-0.2, 0) is 112 Å². The highest BCUT2D eigenvalue weighted by atomic mass is 32.2. The molecule has 3 aliphatic heterocycles. The number of aliphatic carboxylic acids is 2. The number of thioether (sulfide) groups is 1. The molecule has 6 heterocycles. The molecule has 137 heavy (non-hydrogen) atoms. The van der Waals surface area contributed by atoms with Gasteiger partial charge < -0.3 is 125 Å². The second kappa shape index (κ2) is 52.1. The van der Waals surface area contributed by atoms with Crippen LogP contribution in [-0.4, -0.2) is 321 Å². The van der Waals surface area contributed by atoms with E-state index in [2.05, 4.69) is 67.8 Å². The largest absolute Gasteiger partial charge is 0.508 e. The zero-order valence-corrected chi connectivity index (χ0v) is 78.7. The third kappa shape index (κ3) is 30.3. The summed E-state index contributed by atoms with van der Waals surface area (Å²) in [5.41, 5.74) is 20.6. The lowest BCUT2D eigenvalue weighted by molar-refractivity contribution is -0.149. The molecule has 0 aliphatic carbocycles. The fourth-order valence-electron chi connectivity index (χ4n) is 17.3. The van der Waals surface area contributed by atoms with Crippen molar-refractivity contribution in [2.75, 3.05) is 65.4 Å². The molecule has 744 valence electrons. The van der Waals surface area contributed by atoms with Crippen molar-refractivity contribution in [3.8, 4) is 5.75 Å². The molecule has 3 aromatic carbocycles. The number of nitrogens with two attached hydrogens (primary N) is 3. The lowest BCUT2D eigenvalue weighted by Gasteiger charge is -2.36. The third-order valence-corrected chi connectivity index (χ3v) is 26.0. The number of carbonyl (C=O) groups excluding carboxylic acids is 16. The lowest BCUT2D eigenvalue weighted by Crippen LogP contribution is -2.60. The van der Waals surface area contributed by atoms with E-state index in [9.17, 15) is 68.4 Å². The van der Waals surface area contributed by atoms with Crippen LogP contribution in [0.4, 0.5) is 0 Å². The average molecular weight is 1930 g/mol. The van der Waals surface area contributed by atoms with E-state index in [0.717, 1.165) is 24.5 Å². The first-order valence-corrected chi connectivity index (χ1v) is 47.5. The number of carbonyl (C=O) groups is 18. The summed E-state index contributed by atoms with van der Waals surface area (Å²) in [6.45, 7) is 3.72. The number of carboxylic acid groups (broad SMARTS) is 2. The van der Waals surface area contributed by atoms with Crippen molar-refractivity contribution >= 4 is 140 Å². The van der Waals surface area contributed by atoms with Crippen LogP contribution in [0.2, 0.25) is 0 Å². The monoisotopic (exact) mass is 1920 g/mol. The quantitative estimate of drug-likeness (QED) is 0.0255. The van der Waals surface area contributed by atoms with Crippen LogP contribution in [0.3, 0.4) is 0 Å². The van der Waals surface area contributed by atoms with Gasteiger partial charge in [0.1, 0.15) is 78.3 Å². The summed E-state index contributed by atoms with van der Waals surface area (Å²) in [5.74, 6) is -20.5. The van der Waals surface area contributed by atoms with Crippen molar-refractivity contribution in [1.29, 1.82) is 0 Å². The highest BCUT2D eigenvalue weighted by Gasteiger charge is 2.47. The van der Waals surface area contributed by atoms with Gasteiger partial charge in [-0.15, -0.1) is 11.8 Å². The van der Waals surface area contributed by atoms with E-state index >= 15 is 38.4 Å². The van der Waals surface area contributed by atoms with Crippen LogP contribution >= 0.6 is 11.8 Å². The number of hydrogen-bond donors (Lipinski definition) is 19. The Kier molecular flexibility index (Phi) is 40.8. The number of aliphatic hydroxyl groups excluding tert-OH is 1. The minimum Gasteiger partial charge on any atom is -0.508 e. The van der Waals surface area contributed by atoms with E-state index in [-0.39, 0.29) is 122 Å². The minimum atomic E-state index is -1.92. The minimum absolute atomic E-state index is 0.0387. The number of hydrogen-bond acceptors (Lipinski definition) is 24. The first kappa shape index (κ1) is 107. The summed E-state index contributed by atoms with van der Waals surface area (Å²) in [4.78, 5) is 282. The summed E-state index contributed by atoms with van der Waals surface area (Å²) >= 11 is 0.704. The maximum absolute atomic E-state index is 15.8. The second-order valence-electron chi connectivity index (χ2n) is 35.1. The number of phenolic OH excluding ortho intramolecular Hbond substituents is 1. The zero-order chi connectivity index (χ0) is 99.9. The third-order valence-electron chi connectivity index (χ3n) is 25.0. The maximum Gasteiger partial charge on any atom is 0.305 e. The van der Waals surface area contributed by atoms with E-state index in [1.54, 1.807) is 74.8 Å². The Morgan fingerprint density at radius 3 is 1.72 bits per heavy atom. The fraction of sp³-hybridized carbons (Fsp3) is 0.538. The molecule has 9 rings (SSSR count). The number of nitrogens with zero attached hydrogens (tertiary/aromatic N) is 6. The van der Waals surface area contributed by atoms with E-state index in [0.29, 0.717) is 75.2 Å². The molecule has 0 bridgehead atoms. The number of nitrogens with one attached hydrogen (secondary N) is 12. The Balaban J connectivity index is 1.11. The zero-order valence-electron chi connectivity index (χ0n) is 77.9. The first-order valence-electron chi connectivity index (χ1n) is 46.3. The van der Waals surface area contributed by atoms with Crippen LogP contribution in [0.1, 0.15) is 159 Å². The number of unbranched alkanes of at least 4 members (excludes halogenated alkanes) is 3. The van der Waals surface area contributed by atoms with Gasteiger partial charge in [-0.2, -0.15) is 0 Å². The van der Waals surface area contributed by atoms with E-state index in [4.69, 9.17) is 17.2 Å². The van der Waals surface area contributed by atoms with Crippen molar-refractivity contribution in [2.45, 2.75) is 247 Å². The van der Waals surface area contributed by atoms with Gasteiger partial charge in [0.2, 0.25) is 88.6 Å². The number of carboxylic acids is 2. The number of phenols is 1. The molecule has 15 amide bonds. The highest BCUT2D eigenvalue weighted by Crippen LogP contribution is 2.30. The van der Waals surface area contributed by atoms with Gasteiger partial charge in [0.15, 0.2) is 5.78 Å². The van der Waals surface area contributed by atoms with E-state index in [1.807, 2.05) is 0 Å². The number of aromatic amines is 3.